The summed E-state index contributed by atoms with van der Waals surface area (Å²) in [4.78, 5) is 10.5. The van der Waals surface area contributed by atoms with Gasteiger partial charge in [-0.15, -0.1) is 5.10 Å². The molecular formula is C8H14N4O3S. The molecule has 0 aliphatic rings. The average Bonchev–Trinajstić information content (AvgIpc) is 2.62. The van der Waals surface area contributed by atoms with Gasteiger partial charge in [-0.05, 0) is 16.8 Å². The highest BCUT2D eigenvalue weighted by atomic mass is 32.2. The fourth-order valence-electron chi connectivity index (χ4n) is 1.03. The second-order valence-electron chi connectivity index (χ2n) is 3.22. The predicted molar refractivity (Wildman–Crippen MR) is 57.3 cm³/mol. The third kappa shape index (κ3) is 4.15. The number of hydrogen-bond donors (Lipinski definition) is 1. The molecule has 90 valence electrons. The second-order valence-corrected chi connectivity index (χ2v) is 4.63. The lowest BCUT2D eigenvalue weighted by Crippen LogP contribution is -2.12. The first-order valence-corrected chi connectivity index (χ1v) is 5.65. The fourth-order valence-corrected chi connectivity index (χ4v) is 1.91. The lowest BCUT2D eigenvalue weighted by Gasteiger charge is -2.08. The molecule has 0 radical (unpaired) electrons. The van der Waals surface area contributed by atoms with Crippen molar-refractivity contribution in [2.75, 3.05) is 13.7 Å². The summed E-state index contributed by atoms with van der Waals surface area (Å²) in [5, 5.41) is 20.3. The van der Waals surface area contributed by atoms with E-state index in [4.69, 9.17) is 9.84 Å². The van der Waals surface area contributed by atoms with Crippen molar-refractivity contribution >= 4 is 17.7 Å². The smallest absolute Gasteiger partial charge is 0.325 e. The summed E-state index contributed by atoms with van der Waals surface area (Å²) in [5.74, 6) is -0.960. The highest BCUT2D eigenvalue weighted by Crippen LogP contribution is 2.22. The Labute approximate surface area is 97.2 Å². The molecule has 0 fully saturated rings. The van der Waals surface area contributed by atoms with Crippen LogP contribution in [-0.2, 0) is 16.1 Å². The number of carboxylic acids is 1. The van der Waals surface area contributed by atoms with Gasteiger partial charge in [0, 0.05) is 19.0 Å². The molecule has 0 saturated carbocycles. The highest BCUT2D eigenvalue weighted by Gasteiger charge is 2.13. The number of methoxy groups -OCH3 is 1. The Morgan fingerprint density at radius 1 is 1.69 bits per heavy atom. The molecule has 0 spiro atoms. The minimum absolute atomic E-state index is 0.216. The minimum atomic E-state index is -0.960. The zero-order valence-electron chi connectivity index (χ0n) is 9.16. The zero-order chi connectivity index (χ0) is 12.0. The van der Waals surface area contributed by atoms with Crippen molar-refractivity contribution in [3.05, 3.63) is 0 Å². The van der Waals surface area contributed by atoms with E-state index in [1.54, 1.807) is 7.11 Å². The molecule has 0 bridgehead atoms. The van der Waals surface area contributed by atoms with Gasteiger partial charge in [-0.25, -0.2) is 4.68 Å². The molecule has 7 nitrogen and oxygen atoms in total. The van der Waals surface area contributed by atoms with E-state index in [2.05, 4.69) is 15.5 Å². The molecule has 1 rings (SSSR count). The molecule has 0 aliphatic heterocycles. The van der Waals surface area contributed by atoms with Crippen molar-refractivity contribution < 1.29 is 14.6 Å². The number of rotatable bonds is 7. The van der Waals surface area contributed by atoms with E-state index >= 15 is 0 Å². The molecule has 1 atom stereocenters. The maximum absolute atomic E-state index is 10.5. The van der Waals surface area contributed by atoms with Crippen molar-refractivity contribution in [1.82, 2.24) is 20.2 Å². The van der Waals surface area contributed by atoms with Crippen LogP contribution >= 0.6 is 11.8 Å². The number of thioether (sulfide) groups is 1. The number of aromatic nitrogens is 4. The Balaban J connectivity index is 2.52. The molecule has 1 N–H and O–H groups in total. The molecule has 1 unspecified atom stereocenters. The van der Waals surface area contributed by atoms with Crippen molar-refractivity contribution in [3.8, 4) is 0 Å². The second kappa shape index (κ2) is 6.44. The minimum Gasteiger partial charge on any atom is -0.480 e. The quantitative estimate of drug-likeness (QED) is 0.691. The van der Waals surface area contributed by atoms with Crippen LogP contribution in [0.4, 0.5) is 0 Å². The number of ether oxygens (including phenoxy) is 1. The van der Waals surface area contributed by atoms with Crippen LogP contribution in [0.3, 0.4) is 0 Å². The Morgan fingerprint density at radius 2 is 2.44 bits per heavy atom. The van der Waals surface area contributed by atoms with E-state index in [0.29, 0.717) is 11.8 Å². The van der Waals surface area contributed by atoms with E-state index < -0.39 is 5.97 Å². The number of aliphatic carboxylic acids is 1. The maximum Gasteiger partial charge on any atom is 0.325 e. The van der Waals surface area contributed by atoms with Crippen LogP contribution in [-0.4, -0.2) is 50.2 Å². The SMILES string of the molecule is COCCC(C)Sc1nnnn1CC(=O)O. The van der Waals surface area contributed by atoms with Gasteiger partial charge in [0.05, 0.1) is 0 Å². The van der Waals surface area contributed by atoms with E-state index in [1.165, 1.54) is 16.4 Å². The van der Waals surface area contributed by atoms with Gasteiger partial charge in [0.2, 0.25) is 5.16 Å². The Kier molecular flexibility index (Phi) is 5.20. The maximum atomic E-state index is 10.5. The third-order valence-electron chi connectivity index (χ3n) is 1.82. The largest absolute Gasteiger partial charge is 0.480 e. The summed E-state index contributed by atoms with van der Waals surface area (Å²) in [6.45, 7) is 2.46. The first kappa shape index (κ1) is 12.9. The summed E-state index contributed by atoms with van der Waals surface area (Å²) >= 11 is 1.44. The molecule has 1 heterocycles. The Bertz CT molecular complexity index is 344. The van der Waals surface area contributed by atoms with Gasteiger partial charge in [0.25, 0.3) is 0 Å². The van der Waals surface area contributed by atoms with Crippen LogP contribution in [0.25, 0.3) is 0 Å². The molecule has 0 aromatic carbocycles. The van der Waals surface area contributed by atoms with Crippen molar-refractivity contribution in [3.63, 3.8) is 0 Å². The van der Waals surface area contributed by atoms with Gasteiger partial charge in [-0.3, -0.25) is 4.79 Å². The van der Waals surface area contributed by atoms with E-state index in [9.17, 15) is 4.79 Å². The number of tetrazole rings is 1. The van der Waals surface area contributed by atoms with E-state index in [-0.39, 0.29) is 11.8 Å². The highest BCUT2D eigenvalue weighted by molar-refractivity contribution is 7.99. The molecule has 1 aromatic heterocycles. The van der Waals surface area contributed by atoms with Crippen LogP contribution in [0.1, 0.15) is 13.3 Å². The average molecular weight is 246 g/mol. The van der Waals surface area contributed by atoms with Gasteiger partial charge in [0.15, 0.2) is 0 Å². The number of nitrogens with zero attached hydrogens (tertiary/aromatic N) is 4. The summed E-state index contributed by atoms with van der Waals surface area (Å²) in [6, 6.07) is 0. The third-order valence-corrected chi connectivity index (χ3v) is 2.96. The number of hydrogen-bond acceptors (Lipinski definition) is 6. The summed E-state index contributed by atoms with van der Waals surface area (Å²) in [6.07, 6.45) is 0.862. The van der Waals surface area contributed by atoms with Crippen LogP contribution in [0.2, 0.25) is 0 Å². The van der Waals surface area contributed by atoms with Crippen LogP contribution < -0.4 is 0 Å². The van der Waals surface area contributed by atoms with Crippen molar-refractivity contribution in [2.24, 2.45) is 0 Å². The summed E-state index contributed by atoms with van der Waals surface area (Å²) in [7, 11) is 1.64. The van der Waals surface area contributed by atoms with Crippen LogP contribution in [0.5, 0.6) is 0 Å². The van der Waals surface area contributed by atoms with Crippen LogP contribution in [0, 0.1) is 0 Å². The van der Waals surface area contributed by atoms with Gasteiger partial charge in [-0.2, -0.15) is 0 Å². The molecule has 0 aliphatic carbocycles. The summed E-state index contributed by atoms with van der Waals surface area (Å²) < 4.78 is 6.23. The molecule has 0 saturated heterocycles. The van der Waals surface area contributed by atoms with Gasteiger partial charge in [-0.1, -0.05) is 18.7 Å². The predicted octanol–water partition coefficient (Wildman–Crippen LogP) is 0.275. The lowest BCUT2D eigenvalue weighted by atomic mass is 10.3. The van der Waals surface area contributed by atoms with Gasteiger partial charge >= 0.3 is 5.97 Å². The summed E-state index contributed by atoms with van der Waals surface area (Å²) in [5.41, 5.74) is 0. The van der Waals surface area contributed by atoms with Crippen LogP contribution in [0.15, 0.2) is 5.16 Å². The van der Waals surface area contributed by atoms with E-state index in [0.717, 1.165) is 6.42 Å². The zero-order valence-corrected chi connectivity index (χ0v) is 9.98. The Hall–Kier alpha value is -1.15. The first-order chi connectivity index (χ1) is 7.63. The first-order valence-electron chi connectivity index (χ1n) is 4.77. The van der Waals surface area contributed by atoms with Crippen molar-refractivity contribution in [2.45, 2.75) is 30.3 Å². The number of carbonyl (C=O) groups is 1. The molecule has 8 heteroatoms. The normalized spacial score (nSPS) is 12.6. The molecular weight excluding hydrogens is 232 g/mol. The molecule has 1 aromatic rings. The van der Waals surface area contributed by atoms with Gasteiger partial charge < -0.3 is 9.84 Å². The van der Waals surface area contributed by atoms with Gasteiger partial charge in [0.1, 0.15) is 6.54 Å². The lowest BCUT2D eigenvalue weighted by molar-refractivity contribution is -0.138. The van der Waals surface area contributed by atoms with E-state index in [1.807, 2.05) is 6.92 Å². The molecule has 16 heavy (non-hydrogen) atoms. The topological polar surface area (TPSA) is 90.1 Å². The standard InChI is InChI=1S/C8H14N4O3S/c1-6(3-4-15-2)16-8-9-10-11-12(8)5-7(13)14/h6H,3-5H2,1-2H3,(H,13,14). The Morgan fingerprint density at radius 3 is 3.06 bits per heavy atom. The van der Waals surface area contributed by atoms with Crippen molar-refractivity contribution in [1.29, 1.82) is 0 Å². The number of carboxylic acid groups (broad SMARTS) is 1. The fraction of sp³-hybridized carbons (Fsp3) is 0.750. The monoisotopic (exact) mass is 246 g/mol. The molecule has 0 amide bonds.